The Balaban J connectivity index is 2.46. The molecule has 1 aromatic carbocycles. The SMILES string of the molecule is CC(C)(C)CS(=O)(=O)N1CCC(=NO)c2ccccc21. The maximum Gasteiger partial charge on any atom is 0.235 e. The van der Waals surface area contributed by atoms with Crippen molar-refractivity contribution in [3.05, 3.63) is 29.8 Å². The van der Waals surface area contributed by atoms with Crippen LogP contribution in [0.15, 0.2) is 29.4 Å². The van der Waals surface area contributed by atoms with Crippen LogP contribution >= 0.6 is 0 Å². The third kappa shape index (κ3) is 2.95. The third-order valence-electron chi connectivity index (χ3n) is 3.11. The molecule has 0 spiro atoms. The Kier molecular flexibility index (Phi) is 3.77. The first-order chi connectivity index (χ1) is 9.24. The maximum atomic E-state index is 12.6. The lowest BCUT2D eigenvalue weighted by Gasteiger charge is -2.32. The quantitative estimate of drug-likeness (QED) is 0.673. The van der Waals surface area contributed by atoms with E-state index >= 15 is 0 Å². The molecular weight excluding hydrogens is 276 g/mol. The number of nitrogens with zero attached hydrogens (tertiary/aromatic N) is 2. The van der Waals surface area contributed by atoms with Gasteiger partial charge in [0.25, 0.3) is 0 Å². The largest absolute Gasteiger partial charge is 0.411 e. The van der Waals surface area contributed by atoms with E-state index in [0.29, 0.717) is 29.9 Å². The Hall–Kier alpha value is -1.56. The van der Waals surface area contributed by atoms with Crippen molar-refractivity contribution in [2.75, 3.05) is 16.6 Å². The van der Waals surface area contributed by atoms with Crippen molar-refractivity contribution in [3.8, 4) is 0 Å². The lowest BCUT2D eigenvalue weighted by Crippen LogP contribution is -2.41. The van der Waals surface area contributed by atoms with E-state index in [1.54, 1.807) is 18.2 Å². The average Bonchev–Trinajstić information content (AvgIpc) is 2.34. The highest BCUT2D eigenvalue weighted by Gasteiger charge is 2.33. The zero-order chi connectivity index (χ0) is 15.0. The fourth-order valence-electron chi connectivity index (χ4n) is 2.42. The molecule has 6 heteroatoms. The summed E-state index contributed by atoms with van der Waals surface area (Å²) in [7, 11) is -3.39. The Morgan fingerprint density at radius 1 is 1.30 bits per heavy atom. The van der Waals surface area contributed by atoms with Crippen molar-refractivity contribution >= 4 is 21.4 Å². The molecule has 0 aromatic heterocycles. The highest BCUT2D eigenvalue weighted by atomic mass is 32.2. The molecule has 110 valence electrons. The highest BCUT2D eigenvalue weighted by Crippen LogP contribution is 2.31. The molecular formula is C14H20N2O3S. The molecule has 0 fully saturated rings. The number of hydrogen-bond acceptors (Lipinski definition) is 4. The molecule has 20 heavy (non-hydrogen) atoms. The molecule has 0 unspecified atom stereocenters. The molecule has 1 N–H and O–H groups in total. The number of sulfonamides is 1. The van der Waals surface area contributed by atoms with Crippen LogP contribution in [-0.2, 0) is 10.0 Å². The van der Waals surface area contributed by atoms with Gasteiger partial charge in [-0.15, -0.1) is 0 Å². The molecule has 1 aromatic rings. The Morgan fingerprint density at radius 3 is 2.55 bits per heavy atom. The van der Waals surface area contributed by atoms with Gasteiger partial charge in [0.2, 0.25) is 10.0 Å². The predicted molar refractivity (Wildman–Crippen MR) is 80.0 cm³/mol. The summed E-state index contributed by atoms with van der Waals surface area (Å²) in [5.41, 5.74) is 1.50. The zero-order valence-electron chi connectivity index (χ0n) is 12.0. The van der Waals surface area contributed by atoms with Crippen molar-refractivity contribution in [2.45, 2.75) is 27.2 Å². The van der Waals surface area contributed by atoms with Crippen LogP contribution in [-0.4, -0.2) is 31.6 Å². The summed E-state index contributed by atoms with van der Waals surface area (Å²) in [4.78, 5) is 0. The van der Waals surface area contributed by atoms with E-state index in [4.69, 9.17) is 5.21 Å². The average molecular weight is 296 g/mol. The van der Waals surface area contributed by atoms with Gasteiger partial charge in [0.05, 0.1) is 17.2 Å². The van der Waals surface area contributed by atoms with E-state index in [2.05, 4.69) is 5.16 Å². The number of para-hydroxylation sites is 1. The smallest absolute Gasteiger partial charge is 0.235 e. The summed E-state index contributed by atoms with van der Waals surface area (Å²) in [6.07, 6.45) is 0.414. The first-order valence-electron chi connectivity index (χ1n) is 6.55. The number of hydrogen-bond donors (Lipinski definition) is 1. The molecule has 1 aliphatic rings. The lowest BCUT2D eigenvalue weighted by atomic mass is 10.0. The summed E-state index contributed by atoms with van der Waals surface area (Å²) in [6.45, 7) is 6.03. The van der Waals surface area contributed by atoms with Gasteiger partial charge in [-0.05, 0) is 11.5 Å². The van der Waals surface area contributed by atoms with E-state index in [1.165, 1.54) is 4.31 Å². The number of anilines is 1. The second-order valence-electron chi connectivity index (χ2n) is 6.20. The molecule has 0 radical (unpaired) electrons. The van der Waals surface area contributed by atoms with Crippen LogP contribution in [0.4, 0.5) is 5.69 Å². The zero-order valence-corrected chi connectivity index (χ0v) is 12.8. The van der Waals surface area contributed by atoms with Crippen LogP contribution in [0, 0.1) is 5.41 Å². The number of benzene rings is 1. The minimum Gasteiger partial charge on any atom is -0.411 e. The Bertz CT molecular complexity index is 630. The van der Waals surface area contributed by atoms with Gasteiger partial charge in [0, 0.05) is 18.5 Å². The summed E-state index contributed by atoms with van der Waals surface area (Å²) < 4.78 is 26.6. The van der Waals surface area contributed by atoms with Crippen LogP contribution < -0.4 is 4.31 Å². The molecule has 0 atom stereocenters. The van der Waals surface area contributed by atoms with Crippen molar-refractivity contribution in [1.82, 2.24) is 0 Å². The molecule has 1 heterocycles. The molecule has 0 saturated carbocycles. The molecule has 5 nitrogen and oxygen atoms in total. The van der Waals surface area contributed by atoms with Crippen LogP contribution in [0.3, 0.4) is 0 Å². The van der Waals surface area contributed by atoms with Crippen molar-refractivity contribution < 1.29 is 13.6 Å². The van der Waals surface area contributed by atoms with E-state index in [9.17, 15) is 8.42 Å². The van der Waals surface area contributed by atoms with Crippen molar-refractivity contribution in [2.24, 2.45) is 10.6 Å². The van der Waals surface area contributed by atoms with E-state index in [1.807, 2.05) is 26.8 Å². The second kappa shape index (κ2) is 5.09. The van der Waals surface area contributed by atoms with Crippen LogP contribution in [0.2, 0.25) is 0 Å². The van der Waals surface area contributed by atoms with Crippen LogP contribution in [0.25, 0.3) is 0 Å². The topological polar surface area (TPSA) is 70.0 Å². The van der Waals surface area contributed by atoms with Crippen molar-refractivity contribution in [3.63, 3.8) is 0 Å². The second-order valence-corrected chi connectivity index (χ2v) is 8.10. The first kappa shape index (κ1) is 14.8. The first-order valence-corrected chi connectivity index (χ1v) is 8.16. The monoisotopic (exact) mass is 296 g/mol. The molecule has 0 amide bonds. The lowest BCUT2D eigenvalue weighted by molar-refractivity contribution is 0.318. The van der Waals surface area contributed by atoms with Gasteiger partial charge < -0.3 is 5.21 Å². The van der Waals surface area contributed by atoms with Gasteiger partial charge in [-0.2, -0.15) is 0 Å². The van der Waals surface area contributed by atoms with Gasteiger partial charge in [0.1, 0.15) is 0 Å². The van der Waals surface area contributed by atoms with E-state index < -0.39 is 10.0 Å². The summed E-state index contributed by atoms with van der Waals surface area (Å²) >= 11 is 0. The molecule has 1 aliphatic heterocycles. The van der Waals surface area contributed by atoms with Gasteiger partial charge >= 0.3 is 0 Å². The summed E-state index contributed by atoms with van der Waals surface area (Å²) in [6, 6.07) is 7.13. The maximum absolute atomic E-state index is 12.6. The third-order valence-corrected chi connectivity index (χ3v) is 5.39. The Labute approximate surface area is 120 Å². The number of rotatable bonds is 2. The van der Waals surface area contributed by atoms with Gasteiger partial charge in [-0.1, -0.05) is 44.1 Å². The molecule has 2 rings (SSSR count). The number of oxime groups is 1. The summed E-state index contributed by atoms with van der Waals surface area (Å²) in [5, 5.41) is 12.3. The minimum absolute atomic E-state index is 0.0833. The van der Waals surface area contributed by atoms with E-state index in [0.717, 1.165) is 0 Å². The number of fused-ring (bicyclic) bond motifs is 1. The normalized spacial score (nSPS) is 18.1. The molecule has 0 aliphatic carbocycles. The van der Waals surface area contributed by atoms with Gasteiger partial charge in [-0.3, -0.25) is 4.31 Å². The fourth-order valence-corrected chi connectivity index (χ4v) is 4.49. The van der Waals surface area contributed by atoms with E-state index in [-0.39, 0.29) is 11.2 Å². The Morgan fingerprint density at radius 2 is 1.95 bits per heavy atom. The predicted octanol–water partition coefficient (Wildman–Crippen LogP) is 2.45. The van der Waals surface area contributed by atoms with Crippen molar-refractivity contribution in [1.29, 1.82) is 0 Å². The minimum atomic E-state index is -3.39. The molecule has 0 bridgehead atoms. The van der Waals surface area contributed by atoms with Gasteiger partial charge in [-0.25, -0.2) is 8.42 Å². The van der Waals surface area contributed by atoms with Crippen LogP contribution in [0.5, 0.6) is 0 Å². The molecule has 0 saturated heterocycles. The van der Waals surface area contributed by atoms with Gasteiger partial charge in [0.15, 0.2) is 0 Å². The highest BCUT2D eigenvalue weighted by molar-refractivity contribution is 7.92. The fraction of sp³-hybridized carbons (Fsp3) is 0.500. The standard InChI is InChI=1S/C14H20N2O3S/c1-14(2,3)10-20(18,19)16-9-8-12(15-17)11-6-4-5-7-13(11)16/h4-7,17H,8-10H2,1-3H3. The van der Waals surface area contributed by atoms with Crippen LogP contribution in [0.1, 0.15) is 32.8 Å². The summed E-state index contributed by atoms with van der Waals surface area (Å²) in [5.74, 6) is 0.0833.